The van der Waals surface area contributed by atoms with Crippen molar-refractivity contribution in [3.05, 3.63) is 60.2 Å². The second kappa shape index (κ2) is 8.31. The van der Waals surface area contributed by atoms with Crippen molar-refractivity contribution in [2.24, 2.45) is 0 Å². The summed E-state index contributed by atoms with van der Waals surface area (Å²) < 4.78 is 29.3. The number of benzene rings is 2. The van der Waals surface area contributed by atoms with Crippen LogP contribution < -0.4 is 20.3 Å². The maximum atomic E-state index is 12.4. The Hall–Kier alpha value is -3.42. The molecule has 0 saturated carbocycles. The minimum atomic E-state index is -2.95. The highest BCUT2D eigenvalue weighted by molar-refractivity contribution is 6.03. The van der Waals surface area contributed by atoms with Gasteiger partial charge in [-0.1, -0.05) is 24.3 Å². The van der Waals surface area contributed by atoms with E-state index in [9.17, 15) is 18.4 Å². The van der Waals surface area contributed by atoms with Crippen molar-refractivity contribution >= 4 is 29.4 Å². The van der Waals surface area contributed by atoms with Gasteiger partial charge in [0.25, 0.3) is 0 Å². The van der Waals surface area contributed by atoms with E-state index in [2.05, 4.69) is 15.4 Å². The van der Waals surface area contributed by atoms with Crippen molar-refractivity contribution in [1.29, 1.82) is 0 Å². The summed E-state index contributed by atoms with van der Waals surface area (Å²) in [4.78, 5) is 25.4. The highest BCUT2D eigenvalue weighted by atomic mass is 19.3. The van der Waals surface area contributed by atoms with Crippen LogP contribution in [0.2, 0.25) is 0 Å². The van der Waals surface area contributed by atoms with Crippen LogP contribution in [0.3, 0.4) is 0 Å². The number of alkyl halides is 2. The molecule has 1 fully saturated rings. The summed E-state index contributed by atoms with van der Waals surface area (Å²) in [5.41, 5.74) is 1.54. The van der Waals surface area contributed by atoms with Crippen molar-refractivity contribution in [3.8, 4) is 5.75 Å². The van der Waals surface area contributed by atoms with Gasteiger partial charge in [0.1, 0.15) is 5.75 Å². The van der Waals surface area contributed by atoms with Crippen LogP contribution in [-0.2, 0) is 4.79 Å². The smallest absolute Gasteiger partial charge is 0.387 e. The maximum Gasteiger partial charge on any atom is 0.387 e. The van der Waals surface area contributed by atoms with Gasteiger partial charge in [-0.2, -0.15) is 8.78 Å². The molecule has 2 aromatic rings. The molecule has 140 valence electrons. The minimum Gasteiger partial charge on any atom is -0.434 e. The fourth-order valence-corrected chi connectivity index (χ4v) is 2.64. The van der Waals surface area contributed by atoms with Crippen LogP contribution in [0.5, 0.6) is 5.75 Å². The summed E-state index contributed by atoms with van der Waals surface area (Å²) in [5.74, 6) is -0.455. The molecule has 0 spiro atoms. The van der Waals surface area contributed by atoms with Crippen molar-refractivity contribution in [1.82, 2.24) is 5.32 Å². The molecule has 2 N–H and O–H groups in total. The maximum absolute atomic E-state index is 12.4. The third kappa shape index (κ3) is 4.81. The quantitative estimate of drug-likeness (QED) is 0.762. The standard InChI is InChI=1S/C19H17F2N3O3/c20-18(21)27-16-7-2-1-4-13(16)8-9-17(25)23-14-5-3-6-15(12-14)24-11-10-22-19(24)26/h1-9,12,18H,10-11H2,(H,22,26)(H,23,25)/b9-8+. The number of amides is 3. The third-order valence-corrected chi connectivity index (χ3v) is 3.83. The second-order valence-corrected chi connectivity index (χ2v) is 5.67. The number of nitrogens with one attached hydrogen (secondary N) is 2. The van der Waals surface area contributed by atoms with E-state index in [1.807, 2.05) is 0 Å². The van der Waals surface area contributed by atoms with Crippen LogP contribution in [0.25, 0.3) is 6.08 Å². The van der Waals surface area contributed by atoms with Gasteiger partial charge in [0.15, 0.2) is 0 Å². The lowest BCUT2D eigenvalue weighted by Crippen LogP contribution is -2.27. The molecule has 0 atom stereocenters. The Labute approximate surface area is 154 Å². The van der Waals surface area contributed by atoms with Crippen molar-refractivity contribution in [2.45, 2.75) is 6.61 Å². The van der Waals surface area contributed by atoms with E-state index in [1.54, 1.807) is 47.4 Å². The molecule has 1 aliphatic heterocycles. The third-order valence-electron chi connectivity index (χ3n) is 3.83. The molecule has 1 saturated heterocycles. The van der Waals surface area contributed by atoms with Gasteiger partial charge in [-0.25, -0.2) is 4.79 Å². The van der Waals surface area contributed by atoms with E-state index in [4.69, 9.17) is 0 Å². The van der Waals surface area contributed by atoms with Crippen LogP contribution in [0.1, 0.15) is 5.56 Å². The molecule has 0 radical (unpaired) electrons. The largest absolute Gasteiger partial charge is 0.434 e. The van der Waals surface area contributed by atoms with Crippen LogP contribution in [0.15, 0.2) is 54.6 Å². The molecule has 0 unspecified atom stereocenters. The predicted molar refractivity (Wildman–Crippen MR) is 97.9 cm³/mol. The van der Waals surface area contributed by atoms with E-state index in [1.165, 1.54) is 18.2 Å². The lowest BCUT2D eigenvalue weighted by Gasteiger charge is -2.15. The second-order valence-electron chi connectivity index (χ2n) is 5.67. The summed E-state index contributed by atoms with van der Waals surface area (Å²) in [6, 6.07) is 12.9. The summed E-state index contributed by atoms with van der Waals surface area (Å²) in [5, 5.41) is 5.39. The molecule has 6 nitrogen and oxygen atoms in total. The zero-order valence-corrected chi connectivity index (χ0v) is 14.2. The Kier molecular flexibility index (Phi) is 5.65. The highest BCUT2D eigenvalue weighted by Crippen LogP contribution is 2.23. The lowest BCUT2D eigenvalue weighted by molar-refractivity contribution is -0.111. The number of anilines is 2. The van der Waals surface area contributed by atoms with Gasteiger partial charge in [-0.15, -0.1) is 0 Å². The van der Waals surface area contributed by atoms with Crippen molar-refractivity contribution in [2.75, 3.05) is 23.3 Å². The first-order chi connectivity index (χ1) is 13.0. The summed E-state index contributed by atoms with van der Waals surface area (Å²) in [6.07, 6.45) is 2.62. The number of carbonyl (C=O) groups is 2. The number of rotatable bonds is 6. The monoisotopic (exact) mass is 373 g/mol. The van der Waals surface area contributed by atoms with Crippen molar-refractivity contribution < 1.29 is 23.1 Å². The lowest BCUT2D eigenvalue weighted by atomic mass is 10.2. The zero-order valence-electron chi connectivity index (χ0n) is 14.2. The Morgan fingerprint density at radius 3 is 2.78 bits per heavy atom. The first-order valence-electron chi connectivity index (χ1n) is 8.21. The van der Waals surface area contributed by atoms with Crippen LogP contribution >= 0.6 is 0 Å². The van der Waals surface area contributed by atoms with Gasteiger partial charge >= 0.3 is 12.6 Å². The molecule has 3 amide bonds. The van der Waals surface area contributed by atoms with Gasteiger partial charge < -0.3 is 15.4 Å². The molecule has 27 heavy (non-hydrogen) atoms. The fourth-order valence-electron chi connectivity index (χ4n) is 2.64. The fraction of sp³-hybridized carbons (Fsp3) is 0.158. The van der Waals surface area contributed by atoms with Crippen LogP contribution in [-0.4, -0.2) is 31.6 Å². The molecule has 8 heteroatoms. The predicted octanol–water partition coefficient (Wildman–Crippen LogP) is 3.47. The average molecular weight is 373 g/mol. The number of carbonyl (C=O) groups excluding carboxylic acids is 2. The van der Waals surface area contributed by atoms with E-state index in [0.29, 0.717) is 30.0 Å². The molecule has 0 bridgehead atoms. The van der Waals surface area contributed by atoms with Crippen LogP contribution in [0.4, 0.5) is 25.0 Å². The number of hydrogen-bond acceptors (Lipinski definition) is 3. The molecule has 0 aliphatic carbocycles. The molecule has 2 aromatic carbocycles. The molecular weight excluding hydrogens is 356 g/mol. The zero-order chi connectivity index (χ0) is 19.2. The Balaban J connectivity index is 1.68. The first-order valence-corrected chi connectivity index (χ1v) is 8.21. The molecular formula is C19H17F2N3O3. The highest BCUT2D eigenvalue weighted by Gasteiger charge is 2.21. The summed E-state index contributed by atoms with van der Waals surface area (Å²) in [7, 11) is 0. The summed E-state index contributed by atoms with van der Waals surface area (Å²) >= 11 is 0. The average Bonchev–Trinajstić information content (AvgIpc) is 3.07. The van der Waals surface area contributed by atoms with Gasteiger partial charge in [0.05, 0.1) is 0 Å². The van der Waals surface area contributed by atoms with Gasteiger partial charge in [0, 0.05) is 36.1 Å². The van der Waals surface area contributed by atoms with Gasteiger partial charge in [-0.05, 0) is 30.3 Å². The van der Waals surface area contributed by atoms with E-state index in [0.717, 1.165) is 0 Å². The topological polar surface area (TPSA) is 70.7 Å². The molecule has 0 aromatic heterocycles. The molecule has 1 heterocycles. The number of halogens is 2. The minimum absolute atomic E-state index is 0.0152. The normalized spacial score (nSPS) is 13.9. The van der Waals surface area contributed by atoms with E-state index < -0.39 is 12.5 Å². The number of nitrogens with zero attached hydrogens (tertiary/aromatic N) is 1. The molecule has 3 rings (SSSR count). The van der Waals surface area contributed by atoms with Crippen molar-refractivity contribution in [3.63, 3.8) is 0 Å². The van der Waals surface area contributed by atoms with Gasteiger partial charge in [0.2, 0.25) is 5.91 Å². The van der Waals surface area contributed by atoms with E-state index >= 15 is 0 Å². The summed E-state index contributed by atoms with van der Waals surface area (Å²) in [6.45, 7) is -1.83. The van der Waals surface area contributed by atoms with Crippen LogP contribution in [0, 0.1) is 0 Å². The first kappa shape index (κ1) is 18.4. The van der Waals surface area contributed by atoms with Gasteiger partial charge in [-0.3, -0.25) is 9.69 Å². The Morgan fingerprint density at radius 2 is 2.04 bits per heavy atom. The van der Waals surface area contributed by atoms with E-state index in [-0.39, 0.29) is 11.8 Å². The number of para-hydroxylation sites is 1. The number of hydrogen-bond donors (Lipinski definition) is 2. The Bertz CT molecular complexity index is 871. The number of ether oxygens (including phenoxy) is 1. The Morgan fingerprint density at radius 1 is 1.22 bits per heavy atom. The SMILES string of the molecule is O=C(/C=C/c1ccccc1OC(F)F)Nc1cccc(N2CCNC2=O)c1. The molecule has 1 aliphatic rings. The number of urea groups is 1.